The molecule has 0 radical (unpaired) electrons. The van der Waals surface area contributed by atoms with Crippen LogP contribution in [0.2, 0.25) is 0 Å². The average Bonchev–Trinajstić information content (AvgIpc) is 2.88. The second-order valence-electron chi connectivity index (χ2n) is 8.63. The third-order valence-corrected chi connectivity index (χ3v) is 5.56. The summed E-state index contributed by atoms with van der Waals surface area (Å²) in [5.41, 5.74) is 5.75. The molecule has 202 valence electrons. The number of thioether (sulfide) groups is 1. The molecular formula is C26H29FN4O6S. The van der Waals surface area contributed by atoms with Gasteiger partial charge in [-0.15, -0.1) is 11.8 Å². The van der Waals surface area contributed by atoms with Crippen LogP contribution in [0.1, 0.15) is 43.5 Å². The first-order valence-corrected chi connectivity index (χ1v) is 12.4. The molecule has 0 saturated carbocycles. The number of ether oxygens (including phenoxy) is 4. The van der Waals surface area contributed by atoms with Gasteiger partial charge in [-0.05, 0) is 56.9 Å². The number of methoxy groups -OCH3 is 3. The lowest BCUT2D eigenvalue weighted by molar-refractivity contribution is -0.156. The number of nitrogens with two attached hydrogens (primary N) is 1. The average molecular weight is 545 g/mol. The molecule has 1 atom stereocenters. The van der Waals surface area contributed by atoms with Crippen LogP contribution in [0.15, 0.2) is 40.3 Å². The van der Waals surface area contributed by atoms with E-state index in [1.165, 1.54) is 38.5 Å². The summed E-state index contributed by atoms with van der Waals surface area (Å²) < 4.78 is 35.8. The smallest absolute Gasteiger partial charge is 0.434 e. The molecule has 0 saturated heterocycles. The van der Waals surface area contributed by atoms with Gasteiger partial charge in [-0.3, -0.25) is 0 Å². The van der Waals surface area contributed by atoms with E-state index in [9.17, 15) is 14.9 Å². The Labute approximate surface area is 224 Å². The van der Waals surface area contributed by atoms with Crippen molar-refractivity contribution in [3.63, 3.8) is 0 Å². The van der Waals surface area contributed by atoms with Crippen molar-refractivity contribution in [2.45, 2.75) is 32.4 Å². The van der Waals surface area contributed by atoms with Crippen molar-refractivity contribution < 1.29 is 32.9 Å². The predicted molar refractivity (Wildman–Crippen MR) is 143 cm³/mol. The van der Waals surface area contributed by atoms with Crippen molar-refractivity contribution in [1.82, 2.24) is 0 Å². The number of benzene rings is 2. The number of halogens is 1. The number of nitrogens with zero attached hydrogens (tertiary/aromatic N) is 3. The van der Waals surface area contributed by atoms with Crippen molar-refractivity contribution in [1.29, 1.82) is 5.26 Å². The Hall–Kier alpha value is -3.95. The lowest BCUT2D eigenvalue weighted by Crippen LogP contribution is -2.32. The molecule has 0 aliphatic carbocycles. The molecule has 2 aromatic carbocycles. The maximum atomic E-state index is 15.3. The molecule has 2 rings (SSSR count). The fourth-order valence-electron chi connectivity index (χ4n) is 3.18. The zero-order valence-electron chi connectivity index (χ0n) is 22.1. The third kappa shape index (κ3) is 7.53. The number of esters is 1. The van der Waals surface area contributed by atoms with Crippen LogP contribution in [0, 0.1) is 17.1 Å². The Morgan fingerprint density at radius 1 is 1.11 bits per heavy atom. The summed E-state index contributed by atoms with van der Waals surface area (Å²) in [5, 5.41) is 9.62. The minimum atomic E-state index is -1.29. The standard InChI is InChI=1S/C26H29FN4O6S/c1-26(2,3)37-24(32)21(29)16-10-15(9-8-14(16)13-28)30-22(23(38-7)31-25(33)36-6)17-11-19(34-4)20(35-5)12-18(17)27/h8-12,21H,29H2,1-7H3/b30-22+,31-23-. The second kappa shape index (κ2) is 13.0. The van der Waals surface area contributed by atoms with Crippen LogP contribution in [0.3, 0.4) is 0 Å². The van der Waals surface area contributed by atoms with E-state index in [1.54, 1.807) is 27.0 Å². The van der Waals surface area contributed by atoms with E-state index in [2.05, 4.69) is 14.7 Å². The zero-order valence-corrected chi connectivity index (χ0v) is 22.9. The van der Waals surface area contributed by atoms with Crippen molar-refractivity contribution in [2.75, 3.05) is 27.6 Å². The molecule has 1 unspecified atom stereocenters. The lowest BCUT2D eigenvalue weighted by Gasteiger charge is -2.22. The SMILES string of the molecule is COC(=O)/N=C(SC)/C(=N/c1ccc(C#N)c(C(N)C(=O)OC(C)(C)C)c1)c1cc(OC)c(OC)cc1F. The highest BCUT2D eigenvalue weighted by atomic mass is 32.2. The van der Waals surface area contributed by atoms with Gasteiger partial charge >= 0.3 is 12.1 Å². The van der Waals surface area contributed by atoms with Gasteiger partial charge in [0.2, 0.25) is 0 Å². The summed E-state index contributed by atoms with van der Waals surface area (Å²) >= 11 is 1.03. The first-order valence-electron chi connectivity index (χ1n) is 11.1. The minimum Gasteiger partial charge on any atom is -0.493 e. The van der Waals surface area contributed by atoms with E-state index in [0.29, 0.717) is 0 Å². The van der Waals surface area contributed by atoms with Gasteiger partial charge < -0.3 is 24.7 Å². The summed E-state index contributed by atoms with van der Waals surface area (Å²) in [5.74, 6) is -1.11. The number of amides is 1. The normalized spacial score (nSPS) is 12.8. The lowest BCUT2D eigenvalue weighted by atomic mass is 10.00. The Balaban J connectivity index is 2.80. The second-order valence-corrected chi connectivity index (χ2v) is 9.43. The predicted octanol–water partition coefficient (Wildman–Crippen LogP) is 4.70. The number of hydrogen-bond acceptors (Lipinski definition) is 10. The summed E-state index contributed by atoms with van der Waals surface area (Å²) in [7, 11) is 3.91. The molecule has 2 N–H and O–H groups in total. The zero-order chi connectivity index (χ0) is 28.6. The molecule has 0 aliphatic rings. The minimum absolute atomic E-state index is 0.0327. The first kappa shape index (κ1) is 30.3. The highest BCUT2D eigenvalue weighted by molar-refractivity contribution is 8.15. The van der Waals surface area contributed by atoms with E-state index < -0.39 is 29.5 Å². The number of carbonyl (C=O) groups is 2. The number of hydrogen-bond donors (Lipinski definition) is 1. The quantitative estimate of drug-likeness (QED) is 0.298. The molecule has 12 heteroatoms. The van der Waals surface area contributed by atoms with Crippen LogP contribution in [0.4, 0.5) is 14.9 Å². The van der Waals surface area contributed by atoms with Gasteiger partial charge in [0.1, 0.15) is 28.2 Å². The molecular weight excluding hydrogens is 515 g/mol. The maximum absolute atomic E-state index is 15.3. The fraction of sp³-hybridized carbons (Fsp3) is 0.346. The van der Waals surface area contributed by atoms with Crippen LogP contribution in [-0.4, -0.2) is 56.0 Å². The molecule has 0 aliphatic heterocycles. The fourth-order valence-corrected chi connectivity index (χ4v) is 3.70. The molecule has 10 nitrogen and oxygen atoms in total. The Kier molecular flexibility index (Phi) is 10.4. The van der Waals surface area contributed by atoms with Gasteiger partial charge in [0.05, 0.1) is 38.6 Å². The largest absolute Gasteiger partial charge is 0.493 e. The highest BCUT2D eigenvalue weighted by Gasteiger charge is 2.26. The number of carbonyl (C=O) groups excluding carboxylic acids is 2. The van der Waals surface area contributed by atoms with Crippen LogP contribution in [0.5, 0.6) is 11.5 Å². The number of aliphatic imine (C=N–C) groups is 2. The summed E-state index contributed by atoms with van der Waals surface area (Å²) in [4.78, 5) is 33.0. The van der Waals surface area contributed by atoms with E-state index in [0.717, 1.165) is 24.9 Å². The molecule has 1 amide bonds. The third-order valence-electron chi connectivity index (χ3n) is 4.88. The van der Waals surface area contributed by atoms with Crippen molar-refractivity contribution in [3.05, 3.63) is 52.8 Å². The van der Waals surface area contributed by atoms with Crippen LogP contribution < -0.4 is 15.2 Å². The molecule has 0 aromatic heterocycles. The molecule has 0 fully saturated rings. The van der Waals surface area contributed by atoms with Gasteiger partial charge in [0.25, 0.3) is 0 Å². The van der Waals surface area contributed by atoms with E-state index in [4.69, 9.17) is 19.9 Å². The van der Waals surface area contributed by atoms with Crippen molar-refractivity contribution >= 4 is 40.3 Å². The van der Waals surface area contributed by atoms with Gasteiger partial charge in [-0.2, -0.15) is 10.3 Å². The van der Waals surface area contributed by atoms with E-state index in [1.807, 2.05) is 6.07 Å². The summed E-state index contributed by atoms with van der Waals surface area (Å²) in [6.45, 7) is 5.08. The van der Waals surface area contributed by atoms with E-state index >= 15 is 4.39 Å². The van der Waals surface area contributed by atoms with Crippen LogP contribution in [0.25, 0.3) is 0 Å². The topological polar surface area (TPSA) is 146 Å². The number of rotatable bonds is 7. The number of nitriles is 1. The Morgan fingerprint density at radius 2 is 1.74 bits per heavy atom. The monoisotopic (exact) mass is 544 g/mol. The summed E-state index contributed by atoms with van der Waals surface area (Å²) in [6, 6.07) is 7.51. The maximum Gasteiger partial charge on any atom is 0.434 e. The van der Waals surface area contributed by atoms with Gasteiger partial charge in [0.15, 0.2) is 11.5 Å². The Morgan fingerprint density at radius 3 is 2.26 bits per heavy atom. The van der Waals surface area contributed by atoms with E-state index in [-0.39, 0.29) is 44.6 Å². The van der Waals surface area contributed by atoms with Gasteiger partial charge in [-0.25, -0.2) is 19.0 Å². The van der Waals surface area contributed by atoms with Gasteiger partial charge in [0, 0.05) is 11.6 Å². The molecule has 38 heavy (non-hydrogen) atoms. The Bertz CT molecular complexity index is 1310. The molecule has 2 aromatic rings. The highest BCUT2D eigenvalue weighted by Crippen LogP contribution is 2.32. The van der Waals surface area contributed by atoms with Gasteiger partial charge in [-0.1, -0.05) is 0 Å². The first-order chi connectivity index (χ1) is 17.9. The summed E-state index contributed by atoms with van der Waals surface area (Å²) in [6.07, 6.45) is 0.703. The van der Waals surface area contributed by atoms with Crippen LogP contribution >= 0.6 is 11.8 Å². The molecule has 0 bridgehead atoms. The van der Waals surface area contributed by atoms with Crippen molar-refractivity contribution in [3.8, 4) is 17.6 Å². The molecule has 0 spiro atoms. The van der Waals surface area contributed by atoms with Crippen molar-refractivity contribution in [2.24, 2.45) is 15.7 Å². The molecule has 0 heterocycles. The van der Waals surface area contributed by atoms with Crippen LogP contribution in [-0.2, 0) is 14.3 Å².